The van der Waals surface area contributed by atoms with Crippen molar-refractivity contribution in [2.45, 2.75) is 6.42 Å². The standard InChI is InChI=1S/C22H28N2O6/c1-24(2)12-7-13-30-15-10-11-17(19(14-15)27-3)23-18-9-6-8-16(21(25)28-4)20(18)22(26)29-5/h6,8-11,14,23H,7,12-13H2,1-5H3. The van der Waals surface area contributed by atoms with E-state index in [2.05, 4.69) is 10.2 Å². The van der Waals surface area contributed by atoms with Crippen LogP contribution in [-0.2, 0) is 9.47 Å². The maximum absolute atomic E-state index is 12.3. The SMILES string of the molecule is COC(=O)c1cccc(Nc2ccc(OCCCN(C)C)cc2OC)c1C(=O)OC. The van der Waals surface area contributed by atoms with Gasteiger partial charge < -0.3 is 29.2 Å². The zero-order valence-electron chi connectivity index (χ0n) is 18.0. The highest BCUT2D eigenvalue weighted by molar-refractivity contribution is 6.07. The van der Waals surface area contributed by atoms with Crippen LogP contribution in [-0.4, -0.2) is 65.4 Å². The molecule has 0 atom stereocenters. The molecule has 0 aromatic heterocycles. The van der Waals surface area contributed by atoms with Gasteiger partial charge in [0, 0.05) is 12.6 Å². The van der Waals surface area contributed by atoms with Gasteiger partial charge >= 0.3 is 11.9 Å². The maximum atomic E-state index is 12.3. The second-order valence-electron chi connectivity index (χ2n) is 6.70. The number of rotatable bonds is 10. The lowest BCUT2D eigenvalue weighted by Gasteiger charge is -2.17. The first kappa shape index (κ1) is 23.0. The molecular weight excluding hydrogens is 388 g/mol. The Morgan fingerprint density at radius 1 is 0.967 bits per heavy atom. The number of nitrogens with one attached hydrogen (secondary N) is 1. The Hall–Kier alpha value is -3.26. The Balaban J connectivity index is 2.29. The lowest BCUT2D eigenvalue weighted by molar-refractivity contribution is 0.0556. The second-order valence-corrected chi connectivity index (χ2v) is 6.70. The molecule has 0 spiro atoms. The summed E-state index contributed by atoms with van der Waals surface area (Å²) in [6.45, 7) is 1.52. The minimum absolute atomic E-state index is 0.0814. The number of hydrogen-bond donors (Lipinski definition) is 1. The third kappa shape index (κ3) is 5.87. The summed E-state index contributed by atoms with van der Waals surface area (Å²) >= 11 is 0. The molecule has 0 heterocycles. The molecule has 8 heteroatoms. The molecule has 0 fully saturated rings. The summed E-state index contributed by atoms with van der Waals surface area (Å²) in [5, 5.41) is 3.14. The van der Waals surface area contributed by atoms with Crippen molar-refractivity contribution >= 4 is 23.3 Å². The smallest absolute Gasteiger partial charge is 0.340 e. The van der Waals surface area contributed by atoms with Gasteiger partial charge in [-0.25, -0.2) is 9.59 Å². The van der Waals surface area contributed by atoms with Crippen LogP contribution in [0.5, 0.6) is 11.5 Å². The first-order chi connectivity index (χ1) is 14.4. The van der Waals surface area contributed by atoms with Gasteiger partial charge in [-0.1, -0.05) is 6.07 Å². The summed E-state index contributed by atoms with van der Waals surface area (Å²) in [7, 11) is 8.08. The Kier molecular flexibility index (Phi) is 8.49. The van der Waals surface area contributed by atoms with Gasteiger partial charge in [-0.3, -0.25) is 0 Å². The number of carbonyl (C=O) groups is 2. The molecular formula is C22H28N2O6. The summed E-state index contributed by atoms with van der Waals surface area (Å²) in [4.78, 5) is 26.5. The molecule has 8 nitrogen and oxygen atoms in total. The highest BCUT2D eigenvalue weighted by Crippen LogP contribution is 2.33. The van der Waals surface area contributed by atoms with E-state index in [4.69, 9.17) is 18.9 Å². The van der Waals surface area contributed by atoms with Crippen molar-refractivity contribution in [2.24, 2.45) is 0 Å². The minimum Gasteiger partial charge on any atom is -0.494 e. The van der Waals surface area contributed by atoms with Crippen LogP contribution in [0.4, 0.5) is 11.4 Å². The van der Waals surface area contributed by atoms with Gasteiger partial charge in [0.1, 0.15) is 11.5 Å². The molecule has 0 aliphatic carbocycles. The largest absolute Gasteiger partial charge is 0.494 e. The van der Waals surface area contributed by atoms with Gasteiger partial charge in [0.05, 0.1) is 50.4 Å². The van der Waals surface area contributed by atoms with Crippen molar-refractivity contribution in [3.8, 4) is 11.5 Å². The van der Waals surface area contributed by atoms with Crippen LogP contribution < -0.4 is 14.8 Å². The molecule has 0 radical (unpaired) electrons. The van der Waals surface area contributed by atoms with Crippen molar-refractivity contribution in [1.29, 1.82) is 0 Å². The van der Waals surface area contributed by atoms with Gasteiger partial charge in [-0.15, -0.1) is 0 Å². The molecule has 0 amide bonds. The van der Waals surface area contributed by atoms with Crippen molar-refractivity contribution in [3.63, 3.8) is 0 Å². The highest BCUT2D eigenvalue weighted by atomic mass is 16.5. The lowest BCUT2D eigenvalue weighted by Crippen LogP contribution is -2.15. The summed E-state index contributed by atoms with van der Waals surface area (Å²) in [6, 6.07) is 10.2. The van der Waals surface area contributed by atoms with Gasteiger partial charge in [0.25, 0.3) is 0 Å². The summed E-state index contributed by atoms with van der Waals surface area (Å²) in [6.07, 6.45) is 0.901. The minimum atomic E-state index is -0.654. The van der Waals surface area contributed by atoms with E-state index in [1.165, 1.54) is 20.3 Å². The van der Waals surface area contributed by atoms with Gasteiger partial charge in [0.15, 0.2) is 0 Å². The molecule has 0 saturated carbocycles. The highest BCUT2D eigenvalue weighted by Gasteiger charge is 2.23. The topological polar surface area (TPSA) is 86.3 Å². The molecule has 30 heavy (non-hydrogen) atoms. The van der Waals surface area contributed by atoms with Crippen LogP contribution in [0.1, 0.15) is 27.1 Å². The Labute approximate surface area is 176 Å². The third-order valence-corrected chi connectivity index (χ3v) is 4.32. The predicted octanol–water partition coefficient (Wildman–Crippen LogP) is 3.34. The average Bonchev–Trinajstić information content (AvgIpc) is 2.76. The molecule has 162 valence electrons. The number of anilines is 2. The number of benzene rings is 2. The van der Waals surface area contributed by atoms with Crippen LogP contribution in [0, 0.1) is 0 Å². The van der Waals surface area contributed by atoms with E-state index in [-0.39, 0.29) is 11.1 Å². The number of nitrogens with zero attached hydrogens (tertiary/aromatic N) is 1. The fraction of sp³-hybridized carbons (Fsp3) is 0.364. The number of methoxy groups -OCH3 is 3. The Morgan fingerprint density at radius 3 is 2.33 bits per heavy atom. The lowest BCUT2D eigenvalue weighted by atomic mass is 10.0. The van der Waals surface area contributed by atoms with E-state index in [0.717, 1.165) is 13.0 Å². The van der Waals surface area contributed by atoms with Gasteiger partial charge in [-0.2, -0.15) is 0 Å². The van der Waals surface area contributed by atoms with Crippen LogP contribution in [0.25, 0.3) is 0 Å². The number of hydrogen-bond acceptors (Lipinski definition) is 8. The predicted molar refractivity (Wildman–Crippen MR) is 114 cm³/mol. The number of carbonyl (C=O) groups excluding carboxylic acids is 2. The fourth-order valence-corrected chi connectivity index (χ4v) is 2.84. The fourth-order valence-electron chi connectivity index (χ4n) is 2.84. The van der Waals surface area contributed by atoms with Crippen LogP contribution in [0.3, 0.4) is 0 Å². The van der Waals surface area contributed by atoms with Crippen molar-refractivity contribution in [3.05, 3.63) is 47.5 Å². The molecule has 1 N–H and O–H groups in total. The Bertz CT molecular complexity index is 882. The zero-order chi connectivity index (χ0) is 22.1. The van der Waals surface area contributed by atoms with E-state index >= 15 is 0 Å². The van der Waals surface area contributed by atoms with E-state index < -0.39 is 11.9 Å². The molecule has 2 aromatic carbocycles. The molecule has 0 unspecified atom stereocenters. The summed E-state index contributed by atoms with van der Waals surface area (Å²) in [5.41, 5.74) is 1.18. The van der Waals surface area contributed by atoms with E-state index in [1.807, 2.05) is 20.2 Å². The average molecular weight is 416 g/mol. The third-order valence-electron chi connectivity index (χ3n) is 4.32. The monoisotopic (exact) mass is 416 g/mol. The van der Waals surface area contributed by atoms with Crippen LogP contribution in [0.15, 0.2) is 36.4 Å². The molecule has 0 saturated heterocycles. The maximum Gasteiger partial charge on any atom is 0.340 e. The van der Waals surface area contributed by atoms with Crippen LogP contribution in [0.2, 0.25) is 0 Å². The number of esters is 2. The van der Waals surface area contributed by atoms with Crippen molar-refractivity contribution in [2.75, 3.05) is 53.9 Å². The summed E-state index contributed by atoms with van der Waals surface area (Å²) in [5.74, 6) is -0.0853. The van der Waals surface area contributed by atoms with Crippen molar-refractivity contribution < 1.29 is 28.5 Å². The molecule has 0 aliphatic heterocycles. The van der Waals surface area contributed by atoms with E-state index in [1.54, 1.807) is 31.4 Å². The molecule has 0 bridgehead atoms. The second kappa shape index (κ2) is 11.1. The van der Waals surface area contributed by atoms with E-state index in [9.17, 15) is 9.59 Å². The molecule has 0 aliphatic rings. The van der Waals surface area contributed by atoms with E-state index in [0.29, 0.717) is 29.5 Å². The summed E-state index contributed by atoms with van der Waals surface area (Å²) < 4.78 is 20.9. The van der Waals surface area contributed by atoms with Gasteiger partial charge in [-0.05, 0) is 44.8 Å². The molecule has 2 rings (SSSR count). The first-order valence-electron chi connectivity index (χ1n) is 9.43. The first-order valence-corrected chi connectivity index (χ1v) is 9.43. The quantitative estimate of drug-likeness (QED) is 0.466. The Morgan fingerprint density at radius 2 is 1.70 bits per heavy atom. The molecule has 2 aromatic rings. The number of ether oxygens (including phenoxy) is 4. The van der Waals surface area contributed by atoms with Gasteiger partial charge in [0.2, 0.25) is 0 Å². The van der Waals surface area contributed by atoms with Crippen LogP contribution >= 0.6 is 0 Å². The normalized spacial score (nSPS) is 10.5. The zero-order valence-corrected chi connectivity index (χ0v) is 18.0. The van der Waals surface area contributed by atoms with Crippen molar-refractivity contribution in [1.82, 2.24) is 4.90 Å².